The third-order valence-electron chi connectivity index (χ3n) is 6.60. The normalized spacial score (nSPS) is 29.3. The minimum atomic E-state index is -1.05. The van der Waals surface area contributed by atoms with Gasteiger partial charge in [-0.1, -0.05) is 19.9 Å². The number of hydrogen-bond donors (Lipinski definition) is 2. The van der Waals surface area contributed by atoms with Crippen molar-refractivity contribution in [2.75, 3.05) is 27.2 Å². The first-order chi connectivity index (χ1) is 13.7. The van der Waals surface area contributed by atoms with E-state index in [1.165, 1.54) is 0 Å². The van der Waals surface area contributed by atoms with Crippen LogP contribution in [0.15, 0.2) is 24.5 Å². The zero-order valence-electron chi connectivity index (χ0n) is 18.0. The lowest BCUT2D eigenvalue weighted by molar-refractivity contribution is -0.151. The van der Waals surface area contributed by atoms with Gasteiger partial charge in [0, 0.05) is 24.5 Å². The van der Waals surface area contributed by atoms with Gasteiger partial charge in [-0.2, -0.15) is 0 Å². The molecule has 160 valence electrons. The van der Waals surface area contributed by atoms with Crippen LogP contribution in [0.5, 0.6) is 0 Å². The summed E-state index contributed by atoms with van der Waals surface area (Å²) in [7, 11) is 3.94. The van der Waals surface area contributed by atoms with E-state index in [1.807, 2.05) is 37.9 Å². The maximum atomic E-state index is 13.4. The minimum Gasteiger partial charge on any atom is -0.480 e. The van der Waals surface area contributed by atoms with Crippen LogP contribution in [0.3, 0.4) is 0 Å². The number of nitrogens with one attached hydrogen (secondary N) is 1. The molecule has 29 heavy (non-hydrogen) atoms. The Morgan fingerprint density at radius 1 is 1.31 bits per heavy atom. The Morgan fingerprint density at radius 3 is 2.55 bits per heavy atom. The summed E-state index contributed by atoms with van der Waals surface area (Å²) in [6.07, 6.45) is 6.13. The van der Waals surface area contributed by atoms with E-state index >= 15 is 0 Å². The summed E-state index contributed by atoms with van der Waals surface area (Å²) in [5, 5.41) is 13.4. The van der Waals surface area contributed by atoms with E-state index in [2.05, 4.69) is 22.2 Å². The second-order valence-corrected chi connectivity index (χ2v) is 9.17. The van der Waals surface area contributed by atoms with Crippen LogP contribution in [0.25, 0.3) is 0 Å². The lowest BCUT2D eigenvalue weighted by Gasteiger charge is -2.36. The first-order valence-electron chi connectivity index (χ1n) is 10.6. The van der Waals surface area contributed by atoms with Crippen molar-refractivity contribution >= 4 is 11.9 Å². The van der Waals surface area contributed by atoms with E-state index in [0.29, 0.717) is 12.8 Å². The Labute approximate surface area is 173 Å². The summed E-state index contributed by atoms with van der Waals surface area (Å²) < 4.78 is 0. The van der Waals surface area contributed by atoms with Crippen LogP contribution in [0.2, 0.25) is 0 Å². The number of carboxylic acid groups (broad SMARTS) is 1. The fourth-order valence-electron chi connectivity index (χ4n) is 5.09. The number of rotatable bonds is 6. The smallest absolute Gasteiger partial charge is 0.324 e. The van der Waals surface area contributed by atoms with Crippen molar-refractivity contribution in [1.82, 2.24) is 20.1 Å². The van der Waals surface area contributed by atoms with Gasteiger partial charge in [-0.05, 0) is 70.4 Å². The van der Waals surface area contributed by atoms with Gasteiger partial charge < -0.3 is 15.3 Å². The quantitative estimate of drug-likeness (QED) is 0.758. The molecule has 0 spiro atoms. The summed E-state index contributed by atoms with van der Waals surface area (Å²) in [5.74, 6) is -1.10. The molecule has 0 unspecified atom stereocenters. The van der Waals surface area contributed by atoms with Crippen LogP contribution < -0.4 is 5.32 Å². The predicted molar refractivity (Wildman–Crippen MR) is 111 cm³/mol. The van der Waals surface area contributed by atoms with Crippen molar-refractivity contribution in [3.63, 3.8) is 0 Å². The van der Waals surface area contributed by atoms with E-state index in [0.717, 1.165) is 31.5 Å². The highest BCUT2D eigenvalue weighted by Gasteiger charge is 2.57. The van der Waals surface area contributed by atoms with Crippen LogP contribution >= 0.6 is 0 Å². The Bertz CT molecular complexity index is 718. The monoisotopic (exact) mass is 402 g/mol. The van der Waals surface area contributed by atoms with Crippen LogP contribution in [0.1, 0.15) is 51.1 Å². The molecule has 7 heteroatoms. The van der Waals surface area contributed by atoms with Gasteiger partial charge in [-0.15, -0.1) is 0 Å². The Hall–Kier alpha value is -1.99. The topological polar surface area (TPSA) is 85.8 Å². The summed E-state index contributed by atoms with van der Waals surface area (Å²) in [6, 6.07) is 3.64. The summed E-state index contributed by atoms with van der Waals surface area (Å²) in [6.45, 7) is 6.00. The maximum Gasteiger partial charge on any atom is 0.324 e. The number of aliphatic carboxylic acids is 1. The fourth-order valence-corrected chi connectivity index (χ4v) is 5.09. The molecule has 2 aliphatic heterocycles. The van der Waals surface area contributed by atoms with Gasteiger partial charge in [0.1, 0.15) is 5.54 Å². The third kappa shape index (κ3) is 4.46. The van der Waals surface area contributed by atoms with E-state index in [4.69, 9.17) is 0 Å². The first-order valence-corrected chi connectivity index (χ1v) is 10.6. The summed E-state index contributed by atoms with van der Waals surface area (Å²) in [4.78, 5) is 34.2. The van der Waals surface area contributed by atoms with Crippen molar-refractivity contribution in [3.8, 4) is 0 Å². The molecular weight excluding hydrogens is 368 g/mol. The average molecular weight is 403 g/mol. The minimum absolute atomic E-state index is 0.0351. The summed E-state index contributed by atoms with van der Waals surface area (Å²) in [5.41, 5.74) is -0.158. The van der Waals surface area contributed by atoms with Crippen molar-refractivity contribution in [1.29, 1.82) is 0 Å². The molecule has 0 radical (unpaired) electrons. The predicted octanol–water partition coefficient (Wildman–Crippen LogP) is 2.15. The van der Waals surface area contributed by atoms with Crippen LogP contribution in [-0.4, -0.2) is 70.5 Å². The molecule has 2 saturated heterocycles. The van der Waals surface area contributed by atoms with Gasteiger partial charge in [0.2, 0.25) is 5.91 Å². The van der Waals surface area contributed by atoms with Gasteiger partial charge in [0.25, 0.3) is 0 Å². The largest absolute Gasteiger partial charge is 0.480 e. The first kappa shape index (κ1) is 21.7. The Kier molecular flexibility index (Phi) is 6.58. The number of aromatic nitrogens is 1. The molecule has 1 amide bonds. The number of carbonyl (C=O) groups is 2. The standard InChI is InChI=1S/C22H34N4O3/c1-15(2)12-22(21(28)29)13-18(19(26(22)4)16-6-5-9-23-14-16)20(27)24-17-7-10-25(3)11-8-17/h5-6,9,14-15,17-19H,7-8,10-13H2,1-4H3,(H,24,27)(H,28,29)/t18-,19-,22-/m1/s1. The van der Waals surface area contributed by atoms with E-state index in [-0.39, 0.29) is 23.9 Å². The maximum absolute atomic E-state index is 13.4. The second kappa shape index (κ2) is 8.79. The molecule has 1 aromatic rings. The summed E-state index contributed by atoms with van der Waals surface area (Å²) >= 11 is 0. The molecule has 0 saturated carbocycles. The number of hydrogen-bond acceptors (Lipinski definition) is 5. The highest BCUT2D eigenvalue weighted by molar-refractivity contribution is 5.85. The lowest BCUT2D eigenvalue weighted by atomic mass is 9.83. The highest BCUT2D eigenvalue weighted by atomic mass is 16.4. The molecule has 2 fully saturated rings. The van der Waals surface area contributed by atoms with Crippen LogP contribution in [0, 0.1) is 11.8 Å². The number of likely N-dealkylation sites (tertiary alicyclic amines) is 2. The van der Waals surface area contributed by atoms with Crippen molar-refractivity contribution < 1.29 is 14.7 Å². The van der Waals surface area contributed by atoms with Gasteiger partial charge in [0.15, 0.2) is 0 Å². The van der Waals surface area contributed by atoms with Gasteiger partial charge in [-0.25, -0.2) is 0 Å². The highest BCUT2D eigenvalue weighted by Crippen LogP contribution is 2.48. The molecule has 2 aliphatic rings. The van der Waals surface area contributed by atoms with E-state index in [9.17, 15) is 14.7 Å². The molecule has 7 nitrogen and oxygen atoms in total. The van der Waals surface area contributed by atoms with Gasteiger partial charge in [-0.3, -0.25) is 19.5 Å². The molecule has 0 aliphatic carbocycles. The number of carboxylic acids is 1. The molecular formula is C22H34N4O3. The fraction of sp³-hybridized carbons (Fsp3) is 0.682. The van der Waals surface area contributed by atoms with E-state index < -0.39 is 17.4 Å². The number of nitrogens with zero attached hydrogens (tertiary/aromatic N) is 3. The second-order valence-electron chi connectivity index (χ2n) is 9.17. The van der Waals surface area contributed by atoms with Crippen LogP contribution in [-0.2, 0) is 9.59 Å². The van der Waals surface area contributed by atoms with Crippen LogP contribution in [0.4, 0.5) is 0 Å². The molecule has 0 bridgehead atoms. The third-order valence-corrected chi connectivity index (χ3v) is 6.60. The van der Waals surface area contributed by atoms with Gasteiger partial charge >= 0.3 is 5.97 Å². The van der Waals surface area contributed by atoms with E-state index in [1.54, 1.807) is 12.4 Å². The molecule has 3 atom stereocenters. The Balaban J connectivity index is 1.89. The SMILES string of the molecule is CC(C)C[C@]1(C(=O)O)C[C@@H](C(=O)NC2CCN(C)CC2)[C@@H](c2cccnc2)N1C. The molecule has 3 rings (SSSR count). The molecule has 3 heterocycles. The number of likely N-dealkylation sites (N-methyl/N-ethyl adjacent to an activating group) is 1. The van der Waals surface area contributed by atoms with Crippen molar-refractivity contribution in [2.24, 2.45) is 11.8 Å². The Morgan fingerprint density at radius 2 is 2.00 bits per heavy atom. The number of piperidine rings is 1. The van der Waals surface area contributed by atoms with Crippen molar-refractivity contribution in [3.05, 3.63) is 30.1 Å². The average Bonchev–Trinajstić information content (AvgIpc) is 2.97. The number of pyridine rings is 1. The number of carbonyl (C=O) groups excluding carboxylic acids is 1. The molecule has 0 aromatic carbocycles. The van der Waals surface area contributed by atoms with Gasteiger partial charge in [0.05, 0.1) is 5.92 Å². The zero-order valence-corrected chi connectivity index (χ0v) is 18.0. The van der Waals surface area contributed by atoms with Crippen molar-refractivity contribution in [2.45, 2.75) is 57.2 Å². The zero-order chi connectivity index (χ0) is 21.2. The number of amides is 1. The molecule has 2 N–H and O–H groups in total. The lowest BCUT2D eigenvalue weighted by Crippen LogP contribution is -2.50. The molecule has 1 aromatic heterocycles.